The SMILES string of the molecule is CN(CC1CC1)C(=O)c1ccc(C(=O)O)s1. The van der Waals surface area contributed by atoms with Crippen LogP contribution in [0, 0.1) is 5.92 Å². The van der Waals surface area contributed by atoms with Gasteiger partial charge in [-0.25, -0.2) is 4.79 Å². The van der Waals surface area contributed by atoms with E-state index in [9.17, 15) is 9.59 Å². The van der Waals surface area contributed by atoms with E-state index in [2.05, 4.69) is 0 Å². The molecular weight excluding hydrogens is 226 g/mol. The molecule has 0 aliphatic heterocycles. The summed E-state index contributed by atoms with van der Waals surface area (Å²) in [7, 11) is 1.76. The fraction of sp³-hybridized carbons (Fsp3) is 0.455. The van der Waals surface area contributed by atoms with Crippen molar-refractivity contribution in [2.24, 2.45) is 5.92 Å². The Balaban J connectivity index is 2.03. The Hall–Kier alpha value is -1.36. The molecule has 1 aromatic rings. The van der Waals surface area contributed by atoms with Gasteiger partial charge >= 0.3 is 5.97 Å². The van der Waals surface area contributed by atoms with Crippen LogP contribution in [-0.4, -0.2) is 35.5 Å². The normalized spacial score (nSPS) is 14.8. The minimum absolute atomic E-state index is 0.0793. The van der Waals surface area contributed by atoms with Gasteiger partial charge in [-0.05, 0) is 30.9 Å². The second-order valence-corrected chi connectivity index (χ2v) is 5.18. The molecule has 0 aromatic carbocycles. The molecule has 1 amide bonds. The topological polar surface area (TPSA) is 57.6 Å². The van der Waals surface area contributed by atoms with Gasteiger partial charge in [-0.1, -0.05) is 0 Å². The standard InChI is InChI=1S/C11H13NO3S/c1-12(6-7-2-3-7)10(13)8-4-5-9(16-8)11(14)15/h4-5,7H,2-3,6H2,1H3,(H,14,15). The van der Waals surface area contributed by atoms with Crippen LogP contribution in [0.1, 0.15) is 32.2 Å². The number of carboxylic acids is 1. The smallest absolute Gasteiger partial charge is 0.345 e. The highest BCUT2D eigenvalue weighted by Crippen LogP contribution is 2.30. The van der Waals surface area contributed by atoms with E-state index in [0.717, 1.165) is 17.9 Å². The molecule has 1 saturated carbocycles. The van der Waals surface area contributed by atoms with Crippen LogP contribution in [0.5, 0.6) is 0 Å². The zero-order chi connectivity index (χ0) is 11.7. The van der Waals surface area contributed by atoms with Crippen LogP contribution in [0.15, 0.2) is 12.1 Å². The molecule has 1 aromatic heterocycles. The van der Waals surface area contributed by atoms with Crippen LogP contribution in [0.2, 0.25) is 0 Å². The maximum atomic E-state index is 11.9. The molecule has 0 bridgehead atoms. The van der Waals surface area contributed by atoms with E-state index in [1.165, 1.54) is 18.9 Å². The van der Waals surface area contributed by atoms with Gasteiger partial charge in [-0.15, -0.1) is 11.3 Å². The van der Waals surface area contributed by atoms with Crippen LogP contribution < -0.4 is 0 Å². The van der Waals surface area contributed by atoms with Crippen molar-refractivity contribution in [1.29, 1.82) is 0 Å². The van der Waals surface area contributed by atoms with E-state index >= 15 is 0 Å². The Labute approximate surface area is 97.5 Å². The van der Waals surface area contributed by atoms with E-state index in [1.54, 1.807) is 18.0 Å². The first-order valence-corrected chi connectivity index (χ1v) is 5.98. The zero-order valence-corrected chi connectivity index (χ0v) is 9.79. The van der Waals surface area contributed by atoms with Crippen molar-refractivity contribution in [3.05, 3.63) is 21.9 Å². The first kappa shape index (κ1) is 11.1. The number of rotatable bonds is 4. The van der Waals surface area contributed by atoms with Crippen molar-refractivity contribution >= 4 is 23.2 Å². The summed E-state index contributed by atoms with van der Waals surface area (Å²) in [6.45, 7) is 0.777. The van der Waals surface area contributed by atoms with Gasteiger partial charge in [0.2, 0.25) is 0 Å². The van der Waals surface area contributed by atoms with Crippen LogP contribution in [0.3, 0.4) is 0 Å². The Kier molecular flexibility index (Phi) is 2.96. The van der Waals surface area contributed by atoms with Crippen LogP contribution in [-0.2, 0) is 0 Å². The Morgan fingerprint density at radius 3 is 2.56 bits per heavy atom. The Bertz CT molecular complexity index is 423. The highest BCUT2D eigenvalue weighted by atomic mass is 32.1. The lowest BCUT2D eigenvalue weighted by Gasteiger charge is -2.15. The molecule has 0 saturated heterocycles. The van der Waals surface area contributed by atoms with Crippen molar-refractivity contribution in [2.45, 2.75) is 12.8 Å². The molecule has 1 N–H and O–H groups in total. The number of amides is 1. The van der Waals surface area contributed by atoms with Crippen molar-refractivity contribution in [3.8, 4) is 0 Å². The minimum atomic E-state index is -0.978. The van der Waals surface area contributed by atoms with E-state index < -0.39 is 5.97 Å². The minimum Gasteiger partial charge on any atom is -0.477 e. The number of carbonyl (C=O) groups is 2. The third-order valence-electron chi connectivity index (χ3n) is 2.60. The summed E-state index contributed by atoms with van der Waals surface area (Å²) >= 11 is 1.03. The van der Waals surface area contributed by atoms with E-state index in [4.69, 9.17) is 5.11 Å². The summed E-state index contributed by atoms with van der Waals surface area (Å²) < 4.78 is 0. The average Bonchev–Trinajstić information content (AvgIpc) is 2.91. The predicted octanol–water partition coefficient (Wildman–Crippen LogP) is 1.93. The third kappa shape index (κ3) is 2.41. The number of hydrogen-bond acceptors (Lipinski definition) is 3. The Morgan fingerprint density at radius 2 is 2.06 bits per heavy atom. The summed E-state index contributed by atoms with van der Waals surface area (Å²) in [5, 5.41) is 8.76. The molecule has 0 radical (unpaired) electrons. The summed E-state index contributed by atoms with van der Waals surface area (Å²) in [5.74, 6) is -0.411. The van der Waals surface area contributed by atoms with Crippen LogP contribution in [0.25, 0.3) is 0 Å². The quantitative estimate of drug-likeness (QED) is 0.873. The summed E-state index contributed by atoms with van der Waals surface area (Å²) in [6, 6.07) is 3.06. The molecule has 1 aliphatic carbocycles. The summed E-state index contributed by atoms with van der Waals surface area (Å²) in [4.78, 5) is 25.0. The van der Waals surface area contributed by atoms with Gasteiger partial charge < -0.3 is 10.0 Å². The number of thiophene rings is 1. The highest BCUT2D eigenvalue weighted by Gasteiger charge is 2.26. The monoisotopic (exact) mass is 239 g/mol. The number of hydrogen-bond donors (Lipinski definition) is 1. The molecule has 1 aliphatic rings. The molecule has 5 heteroatoms. The lowest BCUT2D eigenvalue weighted by Crippen LogP contribution is -2.27. The molecule has 2 rings (SSSR count). The second kappa shape index (κ2) is 4.25. The fourth-order valence-electron chi connectivity index (χ4n) is 1.53. The van der Waals surface area contributed by atoms with Gasteiger partial charge in [-0.2, -0.15) is 0 Å². The van der Waals surface area contributed by atoms with Crippen molar-refractivity contribution in [3.63, 3.8) is 0 Å². The zero-order valence-electron chi connectivity index (χ0n) is 8.97. The first-order valence-electron chi connectivity index (χ1n) is 5.16. The number of carbonyl (C=O) groups excluding carboxylic acids is 1. The molecule has 16 heavy (non-hydrogen) atoms. The highest BCUT2D eigenvalue weighted by molar-refractivity contribution is 7.15. The van der Waals surface area contributed by atoms with Gasteiger partial charge in [0.15, 0.2) is 0 Å². The van der Waals surface area contributed by atoms with Crippen LogP contribution in [0.4, 0.5) is 0 Å². The van der Waals surface area contributed by atoms with E-state index in [0.29, 0.717) is 10.8 Å². The Morgan fingerprint density at radius 1 is 1.44 bits per heavy atom. The van der Waals surface area contributed by atoms with Gasteiger partial charge in [0.25, 0.3) is 5.91 Å². The maximum absolute atomic E-state index is 11.9. The molecule has 0 unspecified atom stereocenters. The molecule has 0 spiro atoms. The largest absolute Gasteiger partial charge is 0.477 e. The first-order chi connectivity index (χ1) is 7.58. The summed E-state index contributed by atoms with van der Waals surface area (Å²) in [6.07, 6.45) is 2.39. The van der Waals surface area contributed by atoms with Gasteiger partial charge in [0.05, 0.1) is 4.88 Å². The molecule has 4 nitrogen and oxygen atoms in total. The molecule has 1 heterocycles. The molecular formula is C11H13NO3S. The predicted molar refractivity (Wildman–Crippen MR) is 61.0 cm³/mol. The van der Waals surface area contributed by atoms with Crippen molar-refractivity contribution in [2.75, 3.05) is 13.6 Å². The number of nitrogens with zero attached hydrogens (tertiary/aromatic N) is 1. The fourth-order valence-corrected chi connectivity index (χ4v) is 2.37. The maximum Gasteiger partial charge on any atom is 0.345 e. The van der Waals surface area contributed by atoms with Crippen molar-refractivity contribution < 1.29 is 14.7 Å². The van der Waals surface area contributed by atoms with Crippen LogP contribution >= 0.6 is 11.3 Å². The molecule has 0 atom stereocenters. The number of aromatic carboxylic acids is 1. The summed E-state index contributed by atoms with van der Waals surface area (Å²) in [5.41, 5.74) is 0. The molecule has 1 fully saturated rings. The van der Waals surface area contributed by atoms with Crippen molar-refractivity contribution in [1.82, 2.24) is 4.90 Å². The van der Waals surface area contributed by atoms with Gasteiger partial charge in [0.1, 0.15) is 4.88 Å². The third-order valence-corrected chi connectivity index (χ3v) is 3.66. The lowest BCUT2D eigenvalue weighted by molar-refractivity contribution is 0.0701. The van der Waals surface area contributed by atoms with E-state index in [-0.39, 0.29) is 10.8 Å². The second-order valence-electron chi connectivity index (χ2n) is 4.10. The molecule has 86 valence electrons. The lowest BCUT2D eigenvalue weighted by atomic mass is 10.3. The van der Waals surface area contributed by atoms with Gasteiger partial charge in [0, 0.05) is 13.6 Å². The number of carboxylic acid groups (broad SMARTS) is 1. The van der Waals surface area contributed by atoms with Gasteiger partial charge in [-0.3, -0.25) is 4.79 Å². The average molecular weight is 239 g/mol. The van der Waals surface area contributed by atoms with E-state index in [1.807, 2.05) is 0 Å².